The molecule has 0 spiro atoms. The number of rotatable bonds is 4. The van der Waals surface area contributed by atoms with Gasteiger partial charge in [0.05, 0.1) is 6.54 Å². The number of nitrogens with zero attached hydrogens (tertiary/aromatic N) is 3. The van der Waals surface area contributed by atoms with Gasteiger partial charge in [0.1, 0.15) is 6.33 Å². The summed E-state index contributed by atoms with van der Waals surface area (Å²) < 4.78 is 1.78. The van der Waals surface area contributed by atoms with E-state index in [0.717, 1.165) is 5.69 Å². The number of nitrogens with one attached hydrogen (secondary N) is 2. The normalized spacial score (nSPS) is 10.3. The standard InChI is InChI=1S/C17H17N5S/c1-13-7-9-14(10-8-13)11-22-12-18-16(21-22)20-17(23)19-15-5-3-2-4-6-15/h2-10,12H,11H2,1H3,(H2,19,20,21,23). The first-order chi connectivity index (χ1) is 11.2. The minimum absolute atomic E-state index is 0.462. The maximum absolute atomic E-state index is 5.26. The van der Waals surface area contributed by atoms with Gasteiger partial charge in [0.25, 0.3) is 0 Å². The van der Waals surface area contributed by atoms with Gasteiger partial charge in [0.15, 0.2) is 5.11 Å². The van der Waals surface area contributed by atoms with Crippen molar-refractivity contribution in [1.29, 1.82) is 0 Å². The van der Waals surface area contributed by atoms with Gasteiger partial charge in [0.2, 0.25) is 5.95 Å². The van der Waals surface area contributed by atoms with E-state index in [1.165, 1.54) is 11.1 Å². The fourth-order valence-corrected chi connectivity index (χ4v) is 2.30. The third-order valence-electron chi connectivity index (χ3n) is 3.26. The minimum Gasteiger partial charge on any atom is -0.332 e. The molecule has 0 atom stereocenters. The van der Waals surface area contributed by atoms with E-state index in [0.29, 0.717) is 17.6 Å². The van der Waals surface area contributed by atoms with Crippen LogP contribution in [0.25, 0.3) is 0 Å². The summed E-state index contributed by atoms with van der Waals surface area (Å²) in [5, 5.41) is 10.9. The number of aryl methyl sites for hydroxylation is 1. The number of thiocarbonyl (C=S) groups is 1. The summed E-state index contributed by atoms with van der Waals surface area (Å²) in [6.07, 6.45) is 1.69. The lowest BCUT2D eigenvalue weighted by Gasteiger charge is -2.07. The second-order valence-corrected chi connectivity index (χ2v) is 5.60. The highest BCUT2D eigenvalue weighted by molar-refractivity contribution is 7.80. The van der Waals surface area contributed by atoms with Gasteiger partial charge >= 0.3 is 0 Å². The third kappa shape index (κ3) is 4.37. The molecule has 116 valence electrons. The van der Waals surface area contributed by atoms with Crippen molar-refractivity contribution >= 4 is 29.0 Å². The van der Waals surface area contributed by atoms with Crippen LogP contribution in [0.1, 0.15) is 11.1 Å². The van der Waals surface area contributed by atoms with Crippen molar-refractivity contribution in [1.82, 2.24) is 14.8 Å². The Hall–Kier alpha value is -2.73. The minimum atomic E-state index is 0.462. The molecule has 0 aliphatic carbocycles. The summed E-state index contributed by atoms with van der Waals surface area (Å²) in [7, 11) is 0. The lowest BCUT2D eigenvalue weighted by Crippen LogP contribution is -2.20. The molecule has 3 aromatic rings. The Balaban J connectivity index is 1.58. The van der Waals surface area contributed by atoms with Crippen LogP contribution in [0.3, 0.4) is 0 Å². The second kappa shape index (κ2) is 7.02. The Morgan fingerprint density at radius 1 is 1.04 bits per heavy atom. The maximum atomic E-state index is 5.26. The van der Waals surface area contributed by atoms with Gasteiger partial charge in [-0.05, 0) is 36.8 Å². The molecule has 6 heteroatoms. The molecule has 0 saturated heterocycles. The molecule has 1 aromatic heterocycles. The topological polar surface area (TPSA) is 54.8 Å². The first-order valence-electron chi connectivity index (χ1n) is 7.27. The third-order valence-corrected chi connectivity index (χ3v) is 3.46. The molecule has 1 heterocycles. The van der Waals surface area contributed by atoms with Gasteiger partial charge in [-0.15, -0.1) is 5.10 Å². The molecule has 0 fully saturated rings. The molecule has 0 unspecified atom stereocenters. The first-order valence-corrected chi connectivity index (χ1v) is 7.68. The number of hydrogen-bond acceptors (Lipinski definition) is 3. The Kier molecular flexibility index (Phi) is 4.63. The van der Waals surface area contributed by atoms with Crippen LogP contribution >= 0.6 is 12.2 Å². The van der Waals surface area contributed by atoms with Crippen LogP contribution in [0.5, 0.6) is 0 Å². The Bertz CT molecular complexity index is 780. The lowest BCUT2D eigenvalue weighted by molar-refractivity contribution is 0.687. The Morgan fingerprint density at radius 2 is 1.78 bits per heavy atom. The molecule has 23 heavy (non-hydrogen) atoms. The molecule has 0 aliphatic heterocycles. The zero-order valence-corrected chi connectivity index (χ0v) is 13.5. The van der Waals surface area contributed by atoms with Crippen molar-refractivity contribution in [2.75, 3.05) is 10.6 Å². The van der Waals surface area contributed by atoms with Crippen LogP contribution in [0.15, 0.2) is 60.9 Å². The summed E-state index contributed by atoms with van der Waals surface area (Å²) in [5.41, 5.74) is 3.34. The highest BCUT2D eigenvalue weighted by atomic mass is 32.1. The fourth-order valence-electron chi connectivity index (χ4n) is 2.09. The quantitative estimate of drug-likeness (QED) is 0.720. The average Bonchev–Trinajstić information content (AvgIpc) is 2.97. The molecule has 0 saturated carbocycles. The van der Waals surface area contributed by atoms with E-state index in [-0.39, 0.29) is 0 Å². The zero-order chi connectivity index (χ0) is 16.1. The van der Waals surface area contributed by atoms with Crippen molar-refractivity contribution < 1.29 is 0 Å². The second-order valence-electron chi connectivity index (χ2n) is 5.20. The molecule has 0 bridgehead atoms. The molecule has 0 radical (unpaired) electrons. The number of aromatic nitrogens is 3. The molecule has 2 N–H and O–H groups in total. The van der Waals surface area contributed by atoms with Crippen LogP contribution < -0.4 is 10.6 Å². The van der Waals surface area contributed by atoms with Crippen LogP contribution in [0, 0.1) is 6.92 Å². The van der Waals surface area contributed by atoms with Crippen LogP contribution in [-0.2, 0) is 6.54 Å². The number of anilines is 2. The van der Waals surface area contributed by atoms with E-state index in [2.05, 4.69) is 51.9 Å². The highest BCUT2D eigenvalue weighted by Gasteiger charge is 2.04. The van der Waals surface area contributed by atoms with E-state index in [4.69, 9.17) is 12.2 Å². The first kappa shape index (κ1) is 15.2. The van der Waals surface area contributed by atoms with Crippen LogP contribution in [-0.4, -0.2) is 19.9 Å². The van der Waals surface area contributed by atoms with Gasteiger partial charge in [-0.1, -0.05) is 48.0 Å². The Morgan fingerprint density at radius 3 is 2.52 bits per heavy atom. The molecule has 0 aliphatic rings. The van der Waals surface area contributed by atoms with Gasteiger partial charge < -0.3 is 5.32 Å². The predicted octanol–water partition coefficient (Wildman–Crippen LogP) is 3.44. The largest absolute Gasteiger partial charge is 0.332 e. The molecule has 2 aromatic carbocycles. The predicted molar refractivity (Wildman–Crippen MR) is 96.6 cm³/mol. The maximum Gasteiger partial charge on any atom is 0.248 e. The number of para-hydroxylation sites is 1. The Labute approximate surface area is 140 Å². The van der Waals surface area contributed by atoms with Crippen molar-refractivity contribution in [3.63, 3.8) is 0 Å². The van der Waals surface area contributed by atoms with Gasteiger partial charge in [0, 0.05) is 5.69 Å². The number of benzene rings is 2. The average molecular weight is 323 g/mol. The highest BCUT2D eigenvalue weighted by Crippen LogP contribution is 2.08. The van der Waals surface area contributed by atoms with E-state index < -0.39 is 0 Å². The van der Waals surface area contributed by atoms with Gasteiger partial charge in [-0.3, -0.25) is 5.32 Å². The van der Waals surface area contributed by atoms with Crippen LogP contribution in [0.2, 0.25) is 0 Å². The molecule has 5 nitrogen and oxygen atoms in total. The summed E-state index contributed by atoms with van der Waals surface area (Å²) >= 11 is 5.26. The summed E-state index contributed by atoms with van der Waals surface area (Å²) in [6, 6.07) is 18.1. The molecule has 3 rings (SSSR count). The van der Waals surface area contributed by atoms with Crippen LogP contribution in [0.4, 0.5) is 11.6 Å². The molecular weight excluding hydrogens is 306 g/mol. The lowest BCUT2D eigenvalue weighted by atomic mass is 10.1. The van der Waals surface area contributed by atoms with E-state index >= 15 is 0 Å². The van der Waals surface area contributed by atoms with E-state index in [9.17, 15) is 0 Å². The van der Waals surface area contributed by atoms with Crippen molar-refractivity contribution in [2.24, 2.45) is 0 Å². The van der Waals surface area contributed by atoms with E-state index in [1.54, 1.807) is 11.0 Å². The monoisotopic (exact) mass is 323 g/mol. The van der Waals surface area contributed by atoms with Gasteiger partial charge in [-0.25, -0.2) is 9.67 Å². The summed E-state index contributed by atoms with van der Waals surface area (Å²) in [6.45, 7) is 2.75. The fraction of sp³-hybridized carbons (Fsp3) is 0.118. The van der Waals surface area contributed by atoms with Gasteiger partial charge in [-0.2, -0.15) is 0 Å². The van der Waals surface area contributed by atoms with E-state index in [1.807, 2.05) is 30.3 Å². The van der Waals surface area contributed by atoms with Crippen molar-refractivity contribution in [3.8, 4) is 0 Å². The zero-order valence-electron chi connectivity index (χ0n) is 12.7. The summed E-state index contributed by atoms with van der Waals surface area (Å²) in [4.78, 5) is 4.22. The SMILES string of the molecule is Cc1ccc(Cn2cnc(NC(=S)Nc3ccccc3)n2)cc1. The summed E-state index contributed by atoms with van der Waals surface area (Å²) in [5.74, 6) is 0.477. The van der Waals surface area contributed by atoms with Crippen molar-refractivity contribution in [2.45, 2.75) is 13.5 Å². The van der Waals surface area contributed by atoms with Crippen molar-refractivity contribution in [3.05, 3.63) is 72.1 Å². The molecular formula is C17H17N5S. The molecule has 0 amide bonds. The smallest absolute Gasteiger partial charge is 0.248 e. The number of hydrogen-bond donors (Lipinski definition) is 2.